The fourth-order valence-electron chi connectivity index (χ4n) is 1.17. The van der Waals surface area contributed by atoms with Gasteiger partial charge < -0.3 is 10.4 Å². The van der Waals surface area contributed by atoms with E-state index in [-0.39, 0.29) is 6.47 Å². The van der Waals surface area contributed by atoms with Gasteiger partial charge in [0.2, 0.25) is 0 Å². The highest BCUT2D eigenvalue weighted by Crippen LogP contribution is 2.28. The summed E-state index contributed by atoms with van der Waals surface area (Å²) in [6.07, 6.45) is 3.74. The monoisotopic (exact) mass is 212 g/mol. The van der Waals surface area contributed by atoms with E-state index in [2.05, 4.69) is 16.4 Å². The first kappa shape index (κ1) is 11.0. The minimum Gasteiger partial charge on any atom is -0.483 e. The smallest absolute Gasteiger partial charge is 0.290 e. The number of aromatic nitrogens is 1. The van der Waals surface area contributed by atoms with Crippen LogP contribution in [0.3, 0.4) is 0 Å². The molecular weight excluding hydrogens is 200 g/mol. The van der Waals surface area contributed by atoms with E-state index in [1.54, 1.807) is 0 Å². The van der Waals surface area contributed by atoms with Crippen LogP contribution in [0.2, 0.25) is 0 Å². The molecule has 1 aliphatic heterocycles. The summed E-state index contributed by atoms with van der Waals surface area (Å²) in [5.74, 6) is 1.21. The fraction of sp³-hybridized carbons (Fsp3) is 0.333. The van der Waals surface area contributed by atoms with Crippen molar-refractivity contribution in [1.29, 1.82) is 0 Å². The average Bonchev–Trinajstić information content (AvgIpc) is 2.73. The van der Waals surface area contributed by atoms with Gasteiger partial charge in [-0.25, -0.2) is 0 Å². The summed E-state index contributed by atoms with van der Waals surface area (Å²) in [4.78, 5) is 12.4. The highest BCUT2D eigenvalue weighted by atomic mass is 32.2. The Morgan fingerprint density at radius 2 is 2.50 bits per heavy atom. The maximum atomic E-state index is 8.36. The molecule has 1 unspecified atom stereocenters. The van der Waals surface area contributed by atoms with E-state index in [0.717, 1.165) is 6.54 Å². The Kier molecular flexibility index (Phi) is 5.03. The molecule has 1 aromatic heterocycles. The summed E-state index contributed by atoms with van der Waals surface area (Å²) in [6, 6.07) is 4.10. The van der Waals surface area contributed by atoms with Gasteiger partial charge in [0, 0.05) is 24.7 Å². The summed E-state index contributed by atoms with van der Waals surface area (Å²) in [7, 11) is 0. The second kappa shape index (κ2) is 6.39. The van der Waals surface area contributed by atoms with Crippen LogP contribution >= 0.6 is 11.8 Å². The quantitative estimate of drug-likeness (QED) is 0.683. The lowest BCUT2D eigenvalue weighted by molar-refractivity contribution is -0.122. The number of nitrogens with zero attached hydrogens (tertiary/aromatic N) is 1. The van der Waals surface area contributed by atoms with Gasteiger partial charge in [-0.1, -0.05) is 6.07 Å². The molecule has 0 amide bonds. The zero-order valence-electron chi connectivity index (χ0n) is 7.59. The van der Waals surface area contributed by atoms with Gasteiger partial charge in [-0.2, -0.15) is 0 Å². The summed E-state index contributed by atoms with van der Waals surface area (Å²) in [6.45, 7) is 0.865. The van der Waals surface area contributed by atoms with Crippen LogP contribution in [0.4, 0.5) is 0 Å². The minimum atomic E-state index is -0.250. The average molecular weight is 212 g/mol. The van der Waals surface area contributed by atoms with Gasteiger partial charge in [-0.15, -0.1) is 11.8 Å². The molecule has 2 heterocycles. The third kappa shape index (κ3) is 3.35. The van der Waals surface area contributed by atoms with Crippen LogP contribution in [0.15, 0.2) is 24.5 Å². The number of pyridine rings is 1. The molecule has 2 rings (SSSR count). The van der Waals surface area contributed by atoms with Crippen molar-refractivity contribution in [3.63, 3.8) is 0 Å². The van der Waals surface area contributed by atoms with Crippen LogP contribution in [0.1, 0.15) is 10.9 Å². The van der Waals surface area contributed by atoms with Gasteiger partial charge in [0.05, 0.1) is 5.37 Å². The van der Waals surface area contributed by atoms with Crippen LogP contribution in [0.25, 0.3) is 0 Å². The summed E-state index contributed by atoms with van der Waals surface area (Å²) in [5, 5.41) is 10.8. The lowest BCUT2D eigenvalue weighted by Crippen LogP contribution is -2.11. The Morgan fingerprint density at radius 3 is 3.00 bits per heavy atom. The van der Waals surface area contributed by atoms with Crippen molar-refractivity contribution in [3.8, 4) is 0 Å². The van der Waals surface area contributed by atoms with Gasteiger partial charge in [0.1, 0.15) is 0 Å². The number of nitrogens with one attached hydrogen (secondary N) is 1. The molecule has 0 bridgehead atoms. The van der Waals surface area contributed by atoms with Gasteiger partial charge in [-0.05, 0) is 11.6 Å². The predicted octanol–water partition coefficient (Wildman–Crippen LogP) is 1.12. The van der Waals surface area contributed by atoms with E-state index in [4.69, 9.17) is 9.90 Å². The second-order valence-corrected chi connectivity index (χ2v) is 3.81. The van der Waals surface area contributed by atoms with Crippen molar-refractivity contribution < 1.29 is 9.90 Å². The van der Waals surface area contributed by atoms with Gasteiger partial charge in [0.15, 0.2) is 0 Å². The van der Waals surface area contributed by atoms with Crippen molar-refractivity contribution in [2.24, 2.45) is 0 Å². The molecule has 0 spiro atoms. The molecule has 5 heteroatoms. The second-order valence-electron chi connectivity index (χ2n) is 2.60. The number of rotatable bonds is 1. The number of hydrogen-bond donors (Lipinski definition) is 2. The Labute approximate surface area is 86.7 Å². The molecule has 2 N–H and O–H groups in total. The number of hydrogen-bond acceptors (Lipinski definition) is 4. The van der Waals surface area contributed by atoms with Crippen molar-refractivity contribution in [2.75, 3.05) is 12.3 Å². The molecule has 0 aliphatic carbocycles. The highest BCUT2D eigenvalue weighted by molar-refractivity contribution is 7.99. The van der Waals surface area contributed by atoms with Crippen LogP contribution in [-0.4, -0.2) is 28.9 Å². The number of thioether (sulfide) groups is 1. The maximum absolute atomic E-state index is 8.36. The molecule has 1 aromatic rings. The molecular formula is C9H12N2O2S. The molecule has 1 atom stereocenters. The summed E-state index contributed by atoms with van der Waals surface area (Å²) in [5.41, 5.74) is 1.29. The van der Waals surface area contributed by atoms with Crippen LogP contribution in [0.5, 0.6) is 0 Å². The molecule has 0 saturated carbocycles. The van der Waals surface area contributed by atoms with E-state index in [0.29, 0.717) is 5.37 Å². The van der Waals surface area contributed by atoms with E-state index < -0.39 is 0 Å². The zero-order chi connectivity index (χ0) is 10.2. The lowest BCUT2D eigenvalue weighted by atomic mass is 10.3. The standard InChI is InChI=1S/C8H10N2S.CH2O2/c1-2-7(6-9-3-1)8-10-4-5-11-8;2-1-3/h1-3,6,8,10H,4-5H2;1H,(H,2,3). The summed E-state index contributed by atoms with van der Waals surface area (Å²) >= 11 is 1.94. The molecule has 76 valence electrons. The molecule has 0 radical (unpaired) electrons. The molecule has 0 aromatic carbocycles. The summed E-state index contributed by atoms with van der Waals surface area (Å²) < 4.78 is 0. The van der Waals surface area contributed by atoms with E-state index >= 15 is 0 Å². The Bertz CT molecular complexity index is 263. The van der Waals surface area contributed by atoms with Gasteiger partial charge in [-0.3, -0.25) is 9.78 Å². The molecule has 1 saturated heterocycles. The minimum absolute atomic E-state index is 0.250. The first-order valence-corrected chi connectivity index (χ1v) is 5.26. The van der Waals surface area contributed by atoms with E-state index in [1.165, 1.54) is 11.3 Å². The molecule has 4 nitrogen and oxygen atoms in total. The zero-order valence-corrected chi connectivity index (χ0v) is 8.41. The van der Waals surface area contributed by atoms with Crippen molar-refractivity contribution in [1.82, 2.24) is 10.3 Å². The van der Waals surface area contributed by atoms with Crippen LogP contribution < -0.4 is 5.32 Å². The third-order valence-corrected chi connectivity index (χ3v) is 2.92. The third-order valence-electron chi connectivity index (χ3n) is 1.70. The van der Waals surface area contributed by atoms with Crippen molar-refractivity contribution >= 4 is 18.2 Å². The van der Waals surface area contributed by atoms with Crippen LogP contribution in [-0.2, 0) is 4.79 Å². The SMILES string of the molecule is O=CO.c1cncc(C2NCCS2)c1. The first-order chi connectivity index (χ1) is 6.88. The van der Waals surface area contributed by atoms with E-state index in [1.807, 2.05) is 30.2 Å². The Balaban J connectivity index is 0.000000293. The fourth-order valence-corrected chi connectivity index (χ4v) is 2.21. The van der Waals surface area contributed by atoms with Gasteiger partial charge >= 0.3 is 0 Å². The predicted molar refractivity (Wildman–Crippen MR) is 56.1 cm³/mol. The normalized spacial score (nSPS) is 19.6. The Hall–Kier alpha value is -1.07. The highest BCUT2D eigenvalue weighted by Gasteiger charge is 2.15. The largest absolute Gasteiger partial charge is 0.483 e. The Morgan fingerprint density at radius 1 is 1.71 bits per heavy atom. The number of carboxylic acid groups (broad SMARTS) is 1. The lowest BCUT2D eigenvalue weighted by Gasteiger charge is -2.07. The molecule has 1 aliphatic rings. The van der Waals surface area contributed by atoms with Gasteiger partial charge in [0.25, 0.3) is 6.47 Å². The van der Waals surface area contributed by atoms with Crippen molar-refractivity contribution in [3.05, 3.63) is 30.1 Å². The maximum Gasteiger partial charge on any atom is 0.290 e. The van der Waals surface area contributed by atoms with E-state index in [9.17, 15) is 0 Å². The first-order valence-electron chi connectivity index (χ1n) is 4.21. The number of carbonyl (C=O) groups is 1. The molecule has 1 fully saturated rings. The molecule has 14 heavy (non-hydrogen) atoms. The van der Waals surface area contributed by atoms with Crippen LogP contribution in [0, 0.1) is 0 Å². The van der Waals surface area contributed by atoms with Crippen molar-refractivity contribution in [2.45, 2.75) is 5.37 Å². The topological polar surface area (TPSA) is 62.2 Å².